The summed E-state index contributed by atoms with van der Waals surface area (Å²) in [5.41, 5.74) is 0. The summed E-state index contributed by atoms with van der Waals surface area (Å²) in [6.45, 7) is 1.60. The van der Waals surface area contributed by atoms with E-state index in [4.69, 9.17) is 5.11 Å². The van der Waals surface area contributed by atoms with E-state index in [9.17, 15) is 4.79 Å². The van der Waals surface area contributed by atoms with Crippen LogP contribution >= 0.6 is 0 Å². The molecule has 0 atom stereocenters. The summed E-state index contributed by atoms with van der Waals surface area (Å²) in [4.78, 5) is 9.37. The largest absolute Gasteiger partial charge is 2.00 e. The Kier molecular flexibility index (Phi) is 21.3. The Morgan fingerprint density at radius 2 is 2.00 bits per heavy atom. The normalized spacial score (nSPS) is 5.29. The van der Waals surface area contributed by atoms with Gasteiger partial charge < -0.3 is 7.96 Å². The van der Waals surface area contributed by atoms with Crippen LogP contribution in [0.1, 0.15) is 16.2 Å². The van der Waals surface area contributed by atoms with Gasteiger partial charge in [-0.1, -0.05) is 6.92 Å². The average molecular weight is 120 g/mol. The molecule has 0 amide bonds. The van der Waals surface area contributed by atoms with E-state index >= 15 is 0 Å². The molecular formula is C3H9FMgO2. The topological polar surface area (TPSA) is 37.3 Å². The summed E-state index contributed by atoms with van der Waals surface area (Å²) in [6, 6.07) is 0. The van der Waals surface area contributed by atoms with Gasteiger partial charge in [-0.05, 0) is 0 Å². The van der Waals surface area contributed by atoms with Crippen molar-refractivity contribution in [2.45, 2.75) is 13.3 Å². The Morgan fingerprint density at radius 1 is 1.86 bits per heavy atom. The summed E-state index contributed by atoms with van der Waals surface area (Å²) in [5.74, 6) is -0.745. The summed E-state index contributed by atoms with van der Waals surface area (Å²) in [7, 11) is 0. The van der Waals surface area contributed by atoms with Crippen molar-refractivity contribution in [1.82, 2.24) is 0 Å². The third-order valence-corrected chi connectivity index (χ3v) is 0.302. The first-order valence-electron chi connectivity index (χ1n) is 1.49. The molecule has 0 rings (SSSR count). The molecule has 4 heteroatoms. The molecule has 0 unspecified atom stereocenters. The van der Waals surface area contributed by atoms with Crippen LogP contribution in [0.3, 0.4) is 0 Å². The van der Waals surface area contributed by atoms with Crippen LogP contribution in [0.4, 0.5) is 4.70 Å². The van der Waals surface area contributed by atoms with E-state index in [1.807, 2.05) is 0 Å². The van der Waals surface area contributed by atoms with Crippen LogP contribution in [-0.2, 0) is 4.79 Å². The minimum atomic E-state index is -0.745. The Hall–Kier alpha value is 0.166. The van der Waals surface area contributed by atoms with Crippen molar-refractivity contribution in [2.24, 2.45) is 0 Å². The van der Waals surface area contributed by atoms with Gasteiger partial charge in [-0.2, -0.15) is 0 Å². The predicted octanol–water partition coefficient (Wildman–Crippen LogP) is 0.478. The van der Waals surface area contributed by atoms with Crippen molar-refractivity contribution in [2.75, 3.05) is 0 Å². The van der Waals surface area contributed by atoms with Crippen LogP contribution in [0, 0.1) is 0 Å². The van der Waals surface area contributed by atoms with Gasteiger partial charge in [0.25, 0.3) is 0 Å². The monoisotopic (exact) mass is 120 g/mol. The maximum Gasteiger partial charge on any atom is 2.00 e. The molecule has 7 heavy (non-hydrogen) atoms. The third-order valence-electron chi connectivity index (χ3n) is 0.302. The van der Waals surface area contributed by atoms with Crippen molar-refractivity contribution in [3.8, 4) is 0 Å². The molecule has 0 spiro atoms. The zero-order valence-corrected chi connectivity index (χ0v) is 5.59. The molecule has 0 fully saturated rings. The molecular weight excluding hydrogens is 111 g/mol. The second-order valence-electron chi connectivity index (χ2n) is 0.747. The maximum absolute atomic E-state index is 9.37. The van der Waals surface area contributed by atoms with Gasteiger partial charge in [0.1, 0.15) is 0 Å². The van der Waals surface area contributed by atoms with Gasteiger partial charge in [-0.15, -0.1) is 0 Å². The first-order chi connectivity index (χ1) is 2.27. The van der Waals surface area contributed by atoms with E-state index in [1.54, 1.807) is 6.92 Å². The molecule has 1 N–H and O–H groups in total. The summed E-state index contributed by atoms with van der Waals surface area (Å²) in [5, 5.41) is 7.72. The van der Waals surface area contributed by atoms with Crippen molar-refractivity contribution in [3.63, 3.8) is 0 Å². The van der Waals surface area contributed by atoms with Gasteiger partial charge in [0, 0.05) is 6.42 Å². The van der Waals surface area contributed by atoms with Gasteiger partial charge in [0.15, 0.2) is 0 Å². The zero-order chi connectivity index (χ0) is 4.28. The third kappa shape index (κ3) is 22.8. The van der Waals surface area contributed by atoms with Gasteiger partial charge in [-0.3, -0.25) is 9.50 Å². The number of hydrogen-bond donors (Lipinski definition) is 1. The number of aliphatic carboxylic acids is 1. The van der Waals surface area contributed by atoms with E-state index in [-0.39, 0.29) is 37.0 Å². The minimum absolute atomic E-state index is 0. The Morgan fingerprint density at radius 3 is 2.00 bits per heavy atom. The van der Waals surface area contributed by atoms with Gasteiger partial charge >= 0.3 is 29.0 Å². The predicted molar refractivity (Wildman–Crippen MR) is 28.4 cm³/mol. The quantitative estimate of drug-likeness (QED) is 0.511. The SMILES string of the molecule is CCC(=O)O.F.[H-].[H-].[Mg+2]. The molecule has 0 aromatic heterocycles. The first kappa shape index (κ1) is 15.7. The zero-order valence-electron chi connectivity index (χ0n) is 6.18. The molecule has 0 radical (unpaired) electrons. The Labute approximate surface area is 60.4 Å². The molecule has 2 nitrogen and oxygen atoms in total. The fourth-order valence-electron chi connectivity index (χ4n) is 0. The Bertz CT molecular complexity index is 55.1. The van der Waals surface area contributed by atoms with Crippen LogP contribution in [0.5, 0.6) is 0 Å². The number of hydrogen-bond acceptors (Lipinski definition) is 1. The van der Waals surface area contributed by atoms with E-state index in [0.717, 1.165) is 0 Å². The molecule has 0 saturated heterocycles. The van der Waals surface area contributed by atoms with Crippen LogP contribution < -0.4 is 0 Å². The number of carboxylic acids is 1. The molecule has 0 aromatic rings. The first-order valence-corrected chi connectivity index (χ1v) is 1.49. The summed E-state index contributed by atoms with van der Waals surface area (Å²) >= 11 is 0. The molecule has 0 heterocycles. The fourth-order valence-corrected chi connectivity index (χ4v) is 0. The van der Waals surface area contributed by atoms with Crippen molar-refractivity contribution in [3.05, 3.63) is 0 Å². The second kappa shape index (κ2) is 9.48. The second-order valence-corrected chi connectivity index (χ2v) is 0.747. The van der Waals surface area contributed by atoms with E-state index in [1.165, 1.54) is 0 Å². The number of halogens is 1. The van der Waals surface area contributed by atoms with Crippen molar-refractivity contribution >= 4 is 29.0 Å². The van der Waals surface area contributed by atoms with E-state index in [2.05, 4.69) is 0 Å². The fraction of sp³-hybridized carbons (Fsp3) is 0.667. The van der Waals surface area contributed by atoms with Crippen LogP contribution in [0.2, 0.25) is 0 Å². The van der Waals surface area contributed by atoms with E-state index < -0.39 is 5.97 Å². The average Bonchev–Trinajstić information content (AvgIpc) is 1.38. The van der Waals surface area contributed by atoms with Crippen molar-refractivity contribution < 1.29 is 17.5 Å². The molecule has 42 valence electrons. The molecule has 0 aliphatic heterocycles. The Balaban J connectivity index is -0.0000000133. The van der Waals surface area contributed by atoms with Crippen LogP contribution in [-0.4, -0.2) is 34.1 Å². The standard InChI is InChI=1S/C3H6O2.FH.Mg.2H/c1-2-3(4)5;;;;/h2H2,1H3,(H,4,5);1H;;;/q;;+2;2*-1. The van der Waals surface area contributed by atoms with Crippen LogP contribution in [0.25, 0.3) is 0 Å². The van der Waals surface area contributed by atoms with Gasteiger partial charge in [0.2, 0.25) is 0 Å². The summed E-state index contributed by atoms with van der Waals surface area (Å²) in [6.07, 6.45) is 0.222. The van der Waals surface area contributed by atoms with E-state index in [0.29, 0.717) is 0 Å². The molecule has 0 aromatic carbocycles. The minimum Gasteiger partial charge on any atom is -1.00 e. The molecule has 0 bridgehead atoms. The number of rotatable bonds is 1. The summed E-state index contributed by atoms with van der Waals surface area (Å²) < 4.78 is 0. The number of carbonyl (C=O) groups is 1. The number of carboxylic acid groups (broad SMARTS) is 1. The van der Waals surface area contributed by atoms with Gasteiger partial charge in [-0.25, -0.2) is 0 Å². The smallest absolute Gasteiger partial charge is 1.00 e. The molecule has 0 aliphatic rings. The molecule has 0 saturated carbocycles. The van der Waals surface area contributed by atoms with Gasteiger partial charge in [0.05, 0.1) is 0 Å². The van der Waals surface area contributed by atoms with Crippen LogP contribution in [0.15, 0.2) is 0 Å². The molecule has 0 aliphatic carbocycles. The maximum atomic E-state index is 9.37. The van der Waals surface area contributed by atoms with Crippen molar-refractivity contribution in [1.29, 1.82) is 0 Å².